The number of aromatic nitrogens is 2. The lowest BCUT2D eigenvalue weighted by atomic mass is 10.3. The van der Waals surface area contributed by atoms with Crippen LogP contribution in [0.4, 0.5) is 5.69 Å². The summed E-state index contributed by atoms with van der Waals surface area (Å²) in [6, 6.07) is 0. The summed E-state index contributed by atoms with van der Waals surface area (Å²) >= 11 is 0. The van der Waals surface area contributed by atoms with Crippen LogP contribution in [0, 0.1) is 6.92 Å². The predicted molar refractivity (Wildman–Crippen MR) is 77.4 cm³/mol. The van der Waals surface area contributed by atoms with Crippen molar-refractivity contribution in [3.63, 3.8) is 0 Å². The van der Waals surface area contributed by atoms with Gasteiger partial charge in [0.1, 0.15) is 18.8 Å². The van der Waals surface area contributed by atoms with Gasteiger partial charge in [0.15, 0.2) is 0 Å². The first-order valence-corrected chi connectivity index (χ1v) is 6.74. The molecule has 0 spiro atoms. The molecule has 9 nitrogen and oxygen atoms in total. The quantitative estimate of drug-likeness (QED) is 0.670. The van der Waals surface area contributed by atoms with Crippen molar-refractivity contribution in [1.29, 1.82) is 0 Å². The number of ether oxygens (including phenoxy) is 2. The number of esters is 2. The fourth-order valence-corrected chi connectivity index (χ4v) is 1.82. The van der Waals surface area contributed by atoms with E-state index in [-0.39, 0.29) is 24.6 Å². The Balaban J connectivity index is 3.32. The number of anilines is 1. The Morgan fingerprint density at radius 2 is 1.45 bits per heavy atom. The molecule has 0 amide bonds. The van der Waals surface area contributed by atoms with Crippen LogP contribution in [0.3, 0.4) is 0 Å². The Labute approximate surface area is 126 Å². The molecule has 0 aromatic carbocycles. The molecule has 1 heterocycles. The highest BCUT2D eigenvalue weighted by molar-refractivity contribution is 5.70. The molecule has 9 heteroatoms. The highest BCUT2D eigenvalue weighted by Crippen LogP contribution is 2.02. The van der Waals surface area contributed by atoms with Gasteiger partial charge in [-0.05, 0) is 20.8 Å². The van der Waals surface area contributed by atoms with E-state index in [9.17, 15) is 19.2 Å². The van der Waals surface area contributed by atoms with E-state index >= 15 is 0 Å². The van der Waals surface area contributed by atoms with E-state index in [2.05, 4.69) is 0 Å². The van der Waals surface area contributed by atoms with Crippen LogP contribution in [0.1, 0.15) is 19.5 Å². The molecule has 0 fully saturated rings. The number of carbonyl (C=O) groups excluding carboxylic acids is 2. The lowest BCUT2D eigenvalue weighted by Crippen LogP contribution is -2.45. The molecule has 0 saturated carbocycles. The van der Waals surface area contributed by atoms with Crippen molar-refractivity contribution in [2.24, 2.45) is 0 Å². The summed E-state index contributed by atoms with van der Waals surface area (Å²) in [5.74, 6) is -1.39. The number of nitrogens with two attached hydrogens (primary N) is 1. The predicted octanol–water partition coefficient (Wildman–Crippen LogP) is -0.973. The van der Waals surface area contributed by atoms with Crippen LogP contribution >= 0.6 is 0 Å². The number of nitrogen functional groups attached to an aromatic ring is 1. The van der Waals surface area contributed by atoms with E-state index in [0.29, 0.717) is 4.57 Å². The molecule has 0 radical (unpaired) electrons. The molecule has 122 valence electrons. The minimum Gasteiger partial charge on any atom is -0.465 e. The highest BCUT2D eigenvalue weighted by Gasteiger charge is 2.18. The maximum absolute atomic E-state index is 12.3. The summed E-state index contributed by atoms with van der Waals surface area (Å²) in [4.78, 5) is 47.3. The van der Waals surface area contributed by atoms with Crippen molar-refractivity contribution < 1.29 is 19.1 Å². The highest BCUT2D eigenvalue weighted by atomic mass is 16.5. The Morgan fingerprint density at radius 3 is 1.91 bits per heavy atom. The molecule has 22 heavy (non-hydrogen) atoms. The van der Waals surface area contributed by atoms with Crippen molar-refractivity contribution in [3.05, 3.63) is 26.5 Å². The van der Waals surface area contributed by atoms with E-state index in [1.165, 1.54) is 6.92 Å². The Bertz CT molecular complexity index is 688. The first-order chi connectivity index (χ1) is 10.3. The minimum atomic E-state index is -0.821. The van der Waals surface area contributed by atoms with E-state index in [1.807, 2.05) is 0 Å². The maximum Gasteiger partial charge on any atom is 0.332 e. The normalized spacial score (nSPS) is 10.3. The van der Waals surface area contributed by atoms with Crippen molar-refractivity contribution in [3.8, 4) is 0 Å². The third-order valence-electron chi connectivity index (χ3n) is 2.92. The maximum atomic E-state index is 12.3. The van der Waals surface area contributed by atoms with Crippen molar-refractivity contribution in [2.75, 3.05) is 18.9 Å². The molecule has 1 rings (SSSR count). The Morgan fingerprint density at radius 1 is 1.00 bits per heavy atom. The van der Waals surface area contributed by atoms with Gasteiger partial charge in [-0.2, -0.15) is 0 Å². The molecule has 0 unspecified atom stereocenters. The zero-order chi connectivity index (χ0) is 16.9. The molecular formula is C13H19N3O6. The molecule has 0 saturated heterocycles. The third-order valence-corrected chi connectivity index (χ3v) is 2.92. The summed E-state index contributed by atoms with van der Waals surface area (Å²) in [5, 5.41) is 0. The smallest absolute Gasteiger partial charge is 0.332 e. The molecular weight excluding hydrogens is 294 g/mol. The Hall–Kier alpha value is -2.58. The van der Waals surface area contributed by atoms with Crippen LogP contribution in [-0.4, -0.2) is 34.3 Å². The molecule has 2 N–H and O–H groups in total. The van der Waals surface area contributed by atoms with Crippen LogP contribution in [-0.2, 0) is 32.2 Å². The fourth-order valence-electron chi connectivity index (χ4n) is 1.82. The van der Waals surface area contributed by atoms with Crippen LogP contribution in [0.15, 0.2) is 9.59 Å². The SMILES string of the molecule is CCOC(=O)Cn1c(C)c(N)c(=O)n(CC(=O)OCC)c1=O. The van der Waals surface area contributed by atoms with Crippen molar-refractivity contribution in [1.82, 2.24) is 9.13 Å². The summed E-state index contributed by atoms with van der Waals surface area (Å²) in [6.45, 7) is 3.97. The lowest BCUT2D eigenvalue weighted by Gasteiger charge is -2.14. The van der Waals surface area contributed by atoms with Gasteiger partial charge in [0.05, 0.1) is 13.2 Å². The van der Waals surface area contributed by atoms with Gasteiger partial charge in [0.25, 0.3) is 5.56 Å². The van der Waals surface area contributed by atoms with Crippen molar-refractivity contribution in [2.45, 2.75) is 33.9 Å². The Kier molecular flexibility index (Phi) is 5.90. The topological polar surface area (TPSA) is 123 Å². The van der Waals surface area contributed by atoms with Gasteiger partial charge < -0.3 is 15.2 Å². The molecule has 0 aliphatic carbocycles. The number of rotatable bonds is 6. The zero-order valence-electron chi connectivity index (χ0n) is 12.7. The van der Waals surface area contributed by atoms with E-state index in [0.717, 1.165) is 4.57 Å². The first kappa shape index (κ1) is 17.5. The first-order valence-electron chi connectivity index (χ1n) is 6.74. The molecule has 0 aliphatic rings. The van der Waals surface area contributed by atoms with Gasteiger partial charge >= 0.3 is 17.6 Å². The number of carbonyl (C=O) groups is 2. The van der Waals surface area contributed by atoms with Gasteiger partial charge in [0.2, 0.25) is 0 Å². The molecule has 0 aliphatic heterocycles. The molecule has 0 bridgehead atoms. The zero-order valence-corrected chi connectivity index (χ0v) is 12.7. The summed E-state index contributed by atoms with van der Waals surface area (Å²) < 4.78 is 11.1. The number of nitrogens with zero attached hydrogens (tertiary/aromatic N) is 2. The number of hydrogen-bond acceptors (Lipinski definition) is 7. The van der Waals surface area contributed by atoms with Crippen LogP contribution in [0.2, 0.25) is 0 Å². The molecule has 1 aromatic rings. The standard InChI is InChI=1S/C13H19N3O6/c1-4-21-9(17)6-15-8(3)11(14)12(19)16(13(15)20)7-10(18)22-5-2/h4-7,14H2,1-3H3. The second kappa shape index (κ2) is 7.43. The fraction of sp³-hybridized carbons (Fsp3) is 0.538. The van der Waals surface area contributed by atoms with Gasteiger partial charge in [0, 0.05) is 5.69 Å². The van der Waals surface area contributed by atoms with Crippen LogP contribution in [0.25, 0.3) is 0 Å². The van der Waals surface area contributed by atoms with Crippen molar-refractivity contribution >= 4 is 17.6 Å². The van der Waals surface area contributed by atoms with Crippen LogP contribution in [0.5, 0.6) is 0 Å². The largest absolute Gasteiger partial charge is 0.465 e. The third kappa shape index (κ3) is 3.74. The van der Waals surface area contributed by atoms with E-state index in [1.54, 1.807) is 13.8 Å². The summed E-state index contributed by atoms with van der Waals surface area (Å²) in [6.07, 6.45) is 0. The second-order valence-corrected chi connectivity index (χ2v) is 4.37. The summed E-state index contributed by atoms with van der Waals surface area (Å²) in [5.41, 5.74) is 3.96. The summed E-state index contributed by atoms with van der Waals surface area (Å²) in [7, 11) is 0. The van der Waals surface area contributed by atoms with Gasteiger partial charge in [-0.15, -0.1) is 0 Å². The minimum absolute atomic E-state index is 0.117. The average molecular weight is 313 g/mol. The number of hydrogen-bond donors (Lipinski definition) is 1. The van der Waals surface area contributed by atoms with Crippen LogP contribution < -0.4 is 17.0 Å². The monoisotopic (exact) mass is 313 g/mol. The van der Waals surface area contributed by atoms with Gasteiger partial charge in [-0.25, -0.2) is 9.36 Å². The van der Waals surface area contributed by atoms with Gasteiger partial charge in [-0.1, -0.05) is 0 Å². The van der Waals surface area contributed by atoms with E-state index < -0.39 is 36.3 Å². The van der Waals surface area contributed by atoms with E-state index in [4.69, 9.17) is 15.2 Å². The average Bonchev–Trinajstić information content (AvgIpc) is 2.47. The molecule has 0 atom stereocenters. The lowest BCUT2D eigenvalue weighted by molar-refractivity contribution is -0.144. The second-order valence-electron chi connectivity index (χ2n) is 4.37. The van der Waals surface area contributed by atoms with Gasteiger partial charge in [-0.3, -0.25) is 19.0 Å². The molecule has 1 aromatic heterocycles.